The summed E-state index contributed by atoms with van der Waals surface area (Å²) in [5, 5.41) is 18.9. The van der Waals surface area contributed by atoms with Gasteiger partial charge in [-0.1, -0.05) is 5.21 Å². The Morgan fingerprint density at radius 2 is 2.39 bits per heavy atom. The Balaban J connectivity index is 1.97. The Bertz CT molecular complexity index is 603. The number of halogens is 1. The second-order valence-electron chi connectivity index (χ2n) is 4.25. The molecule has 0 radical (unpaired) electrons. The molecule has 1 fully saturated rings. The molecule has 5 nitrogen and oxygen atoms in total. The van der Waals surface area contributed by atoms with E-state index < -0.39 is 5.97 Å². The normalized spacial score (nSPS) is 14.9. The molecule has 7 heteroatoms. The maximum atomic E-state index is 11.1. The highest BCUT2D eigenvalue weighted by Gasteiger charge is 2.33. The molecule has 1 aliphatic carbocycles. The van der Waals surface area contributed by atoms with Gasteiger partial charge >= 0.3 is 5.97 Å². The van der Waals surface area contributed by atoms with Gasteiger partial charge in [0.2, 0.25) is 0 Å². The van der Waals surface area contributed by atoms with Gasteiger partial charge in [0, 0.05) is 15.3 Å². The van der Waals surface area contributed by atoms with E-state index in [-0.39, 0.29) is 5.69 Å². The summed E-state index contributed by atoms with van der Waals surface area (Å²) >= 11 is 5.09. The number of hydrogen-bond donors (Lipinski definition) is 1. The maximum absolute atomic E-state index is 11.1. The van der Waals surface area contributed by atoms with E-state index in [0.717, 1.165) is 27.9 Å². The standard InChI is InChI=1S/C11H10BrN3O2S/c12-7-3-4-18-8(7)5-15-10(6-1-2-6)9(11(16)17)13-14-15/h3-4,6H,1-2,5H2,(H,16,17). The maximum Gasteiger partial charge on any atom is 0.358 e. The predicted octanol–water partition coefficient (Wildman–Crippen LogP) is 2.73. The second-order valence-corrected chi connectivity index (χ2v) is 6.11. The van der Waals surface area contributed by atoms with Gasteiger partial charge in [-0.05, 0) is 40.2 Å². The van der Waals surface area contributed by atoms with E-state index in [9.17, 15) is 4.79 Å². The second kappa shape index (κ2) is 4.47. The topological polar surface area (TPSA) is 68.0 Å². The Hall–Kier alpha value is -1.21. The Morgan fingerprint density at radius 1 is 1.61 bits per heavy atom. The van der Waals surface area contributed by atoms with Crippen molar-refractivity contribution in [3.05, 3.63) is 32.2 Å². The molecule has 94 valence electrons. The van der Waals surface area contributed by atoms with Gasteiger partial charge in [-0.2, -0.15) is 0 Å². The van der Waals surface area contributed by atoms with Crippen LogP contribution in [0.1, 0.15) is 39.8 Å². The quantitative estimate of drug-likeness (QED) is 0.937. The minimum absolute atomic E-state index is 0.102. The zero-order chi connectivity index (χ0) is 12.7. The SMILES string of the molecule is O=C(O)c1nnn(Cc2sccc2Br)c1C1CC1. The smallest absolute Gasteiger partial charge is 0.358 e. The molecule has 0 saturated heterocycles. The summed E-state index contributed by atoms with van der Waals surface area (Å²) in [4.78, 5) is 12.2. The van der Waals surface area contributed by atoms with Crippen LogP contribution in [0.4, 0.5) is 0 Å². The van der Waals surface area contributed by atoms with E-state index in [1.54, 1.807) is 16.0 Å². The number of hydrogen-bond acceptors (Lipinski definition) is 4. The third kappa shape index (κ3) is 2.08. The molecule has 0 spiro atoms. The molecule has 1 N–H and O–H groups in total. The first kappa shape index (κ1) is 11.9. The summed E-state index contributed by atoms with van der Waals surface area (Å²) in [5.41, 5.74) is 0.868. The zero-order valence-electron chi connectivity index (χ0n) is 9.34. The summed E-state index contributed by atoms with van der Waals surface area (Å²) < 4.78 is 2.75. The van der Waals surface area contributed by atoms with Crippen LogP contribution in [0.3, 0.4) is 0 Å². The van der Waals surface area contributed by atoms with Crippen molar-refractivity contribution >= 4 is 33.2 Å². The summed E-state index contributed by atoms with van der Waals surface area (Å²) in [6.45, 7) is 0.574. The van der Waals surface area contributed by atoms with E-state index in [4.69, 9.17) is 5.11 Å². The molecule has 3 rings (SSSR count). The summed E-state index contributed by atoms with van der Waals surface area (Å²) in [7, 11) is 0. The molecule has 1 aliphatic rings. The van der Waals surface area contributed by atoms with Crippen LogP contribution in [-0.4, -0.2) is 26.1 Å². The van der Waals surface area contributed by atoms with Crippen LogP contribution < -0.4 is 0 Å². The lowest BCUT2D eigenvalue weighted by Gasteiger charge is -2.04. The van der Waals surface area contributed by atoms with E-state index in [1.165, 1.54) is 0 Å². The third-order valence-corrected chi connectivity index (χ3v) is 4.84. The van der Waals surface area contributed by atoms with Crippen molar-refractivity contribution in [1.29, 1.82) is 0 Å². The molecule has 0 bridgehead atoms. The van der Waals surface area contributed by atoms with Crippen molar-refractivity contribution < 1.29 is 9.90 Å². The van der Waals surface area contributed by atoms with Crippen LogP contribution in [0.5, 0.6) is 0 Å². The summed E-state index contributed by atoms with van der Waals surface area (Å²) in [6.07, 6.45) is 2.05. The monoisotopic (exact) mass is 327 g/mol. The van der Waals surface area contributed by atoms with E-state index in [2.05, 4.69) is 26.2 Å². The fourth-order valence-electron chi connectivity index (χ4n) is 1.92. The van der Waals surface area contributed by atoms with Gasteiger partial charge in [0.25, 0.3) is 0 Å². The van der Waals surface area contributed by atoms with E-state index in [1.807, 2.05) is 11.4 Å². The van der Waals surface area contributed by atoms with Crippen LogP contribution in [-0.2, 0) is 6.54 Å². The zero-order valence-corrected chi connectivity index (χ0v) is 11.7. The average molecular weight is 328 g/mol. The highest BCUT2D eigenvalue weighted by atomic mass is 79.9. The first-order valence-corrected chi connectivity index (χ1v) is 7.22. The highest BCUT2D eigenvalue weighted by molar-refractivity contribution is 9.10. The predicted molar refractivity (Wildman–Crippen MR) is 70.1 cm³/mol. The van der Waals surface area contributed by atoms with Gasteiger partial charge in [0.1, 0.15) is 0 Å². The van der Waals surface area contributed by atoms with Crippen molar-refractivity contribution in [3.63, 3.8) is 0 Å². The molecule has 1 saturated carbocycles. The number of aromatic carboxylic acids is 1. The Labute approximate surface area is 116 Å². The van der Waals surface area contributed by atoms with Crippen molar-refractivity contribution in [2.45, 2.75) is 25.3 Å². The number of carboxylic acid groups (broad SMARTS) is 1. The number of carbonyl (C=O) groups is 1. The Kier molecular flexibility index (Phi) is 2.95. The van der Waals surface area contributed by atoms with Gasteiger partial charge in [-0.3, -0.25) is 0 Å². The van der Waals surface area contributed by atoms with Crippen LogP contribution in [0.25, 0.3) is 0 Å². The molecule has 0 atom stereocenters. The van der Waals surface area contributed by atoms with Crippen molar-refractivity contribution in [2.75, 3.05) is 0 Å². The molecular formula is C11H10BrN3O2S. The number of thiophene rings is 1. The first-order valence-electron chi connectivity index (χ1n) is 5.55. The van der Waals surface area contributed by atoms with Crippen LogP contribution >= 0.6 is 27.3 Å². The van der Waals surface area contributed by atoms with Crippen molar-refractivity contribution in [3.8, 4) is 0 Å². The Morgan fingerprint density at radius 3 is 2.94 bits per heavy atom. The minimum atomic E-state index is -0.992. The lowest BCUT2D eigenvalue weighted by Crippen LogP contribution is -2.08. The number of rotatable bonds is 4. The minimum Gasteiger partial charge on any atom is -0.476 e. The van der Waals surface area contributed by atoms with Crippen molar-refractivity contribution in [1.82, 2.24) is 15.0 Å². The molecular weight excluding hydrogens is 318 g/mol. The number of aromatic nitrogens is 3. The fourth-order valence-corrected chi connectivity index (χ4v) is 3.38. The largest absolute Gasteiger partial charge is 0.476 e. The van der Waals surface area contributed by atoms with Crippen LogP contribution in [0.2, 0.25) is 0 Å². The van der Waals surface area contributed by atoms with Crippen LogP contribution in [0.15, 0.2) is 15.9 Å². The summed E-state index contributed by atoms with van der Waals surface area (Å²) in [6, 6.07) is 1.98. The molecule has 0 amide bonds. The molecule has 2 aromatic heterocycles. The van der Waals surface area contributed by atoms with Gasteiger partial charge < -0.3 is 5.11 Å². The van der Waals surface area contributed by atoms with Crippen LogP contribution in [0, 0.1) is 0 Å². The van der Waals surface area contributed by atoms with Gasteiger partial charge in [0.05, 0.1) is 12.2 Å². The highest BCUT2D eigenvalue weighted by Crippen LogP contribution is 2.41. The average Bonchev–Trinajstić information content (AvgIpc) is 2.96. The fraction of sp³-hybridized carbons (Fsp3) is 0.364. The third-order valence-electron chi connectivity index (χ3n) is 2.92. The lowest BCUT2D eigenvalue weighted by molar-refractivity contribution is 0.0689. The molecule has 18 heavy (non-hydrogen) atoms. The summed E-state index contributed by atoms with van der Waals surface area (Å²) in [5.74, 6) is -0.682. The molecule has 0 aromatic carbocycles. The van der Waals surface area contributed by atoms with Gasteiger partial charge in [-0.15, -0.1) is 16.4 Å². The molecule has 2 aromatic rings. The molecule has 0 aliphatic heterocycles. The lowest BCUT2D eigenvalue weighted by atomic mass is 10.2. The van der Waals surface area contributed by atoms with E-state index in [0.29, 0.717) is 12.5 Å². The molecule has 0 unspecified atom stereocenters. The van der Waals surface area contributed by atoms with Crippen molar-refractivity contribution in [2.24, 2.45) is 0 Å². The van der Waals surface area contributed by atoms with E-state index >= 15 is 0 Å². The number of nitrogens with zero attached hydrogens (tertiary/aromatic N) is 3. The molecule has 2 heterocycles. The number of carboxylic acids is 1. The first-order chi connectivity index (χ1) is 8.66. The van der Waals surface area contributed by atoms with Gasteiger partial charge in [-0.25, -0.2) is 9.48 Å². The van der Waals surface area contributed by atoms with Gasteiger partial charge in [0.15, 0.2) is 5.69 Å².